The van der Waals surface area contributed by atoms with Crippen LogP contribution in [0.1, 0.15) is 16.2 Å². The Morgan fingerprint density at radius 1 is 1.12 bits per heavy atom. The van der Waals surface area contributed by atoms with Crippen molar-refractivity contribution in [2.45, 2.75) is 6.54 Å². The molecule has 3 aromatic rings. The molecular formula is C18H16ClN3O4. The van der Waals surface area contributed by atoms with Gasteiger partial charge in [0.25, 0.3) is 5.91 Å². The van der Waals surface area contributed by atoms with Crippen LogP contribution in [0.5, 0.6) is 11.5 Å². The van der Waals surface area contributed by atoms with Crippen molar-refractivity contribution >= 4 is 17.5 Å². The molecule has 8 heteroatoms. The Kier molecular flexibility index (Phi) is 5.38. The number of aromatic nitrogens is 2. The summed E-state index contributed by atoms with van der Waals surface area (Å²) in [5.41, 5.74) is 1.03. The third-order valence-electron chi connectivity index (χ3n) is 3.58. The molecule has 0 radical (unpaired) electrons. The minimum absolute atomic E-state index is 0.0792. The van der Waals surface area contributed by atoms with Gasteiger partial charge in [-0.05, 0) is 24.3 Å². The molecule has 2 aromatic carbocycles. The van der Waals surface area contributed by atoms with Crippen LogP contribution in [-0.4, -0.2) is 30.3 Å². The summed E-state index contributed by atoms with van der Waals surface area (Å²) in [6.45, 7) is 0.0792. The molecule has 3 rings (SSSR count). The van der Waals surface area contributed by atoms with E-state index in [1.807, 2.05) is 12.1 Å². The lowest BCUT2D eigenvalue weighted by Gasteiger charge is -2.08. The van der Waals surface area contributed by atoms with Crippen molar-refractivity contribution in [3.05, 3.63) is 58.9 Å². The second-order valence-corrected chi connectivity index (χ2v) is 5.67. The number of rotatable bonds is 6. The topological polar surface area (TPSA) is 86.5 Å². The highest BCUT2D eigenvalue weighted by atomic mass is 35.5. The number of benzene rings is 2. The highest BCUT2D eigenvalue weighted by molar-refractivity contribution is 6.33. The van der Waals surface area contributed by atoms with E-state index in [2.05, 4.69) is 15.5 Å². The Hall–Kier alpha value is -3.06. The normalized spacial score (nSPS) is 10.4. The minimum Gasteiger partial charge on any atom is -0.497 e. The van der Waals surface area contributed by atoms with Crippen LogP contribution >= 0.6 is 11.6 Å². The lowest BCUT2D eigenvalue weighted by atomic mass is 10.2. The third kappa shape index (κ3) is 3.94. The van der Waals surface area contributed by atoms with Gasteiger partial charge in [0.05, 0.1) is 31.4 Å². The molecule has 0 aliphatic carbocycles. The summed E-state index contributed by atoms with van der Waals surface area (Å²) >= 11 is 6.11. The van der Waals surface area contributed by atoms with E-state index >= 15 is 0 Å². The van der Waals surface area contributed by atoms with Crippen LogP contribution in [0.25, 0.3) is 11.5 Å². The summed E-state index contributed by atoms with van der Waals surface area (Å²) in [6.07, 6.45) is 0. The fourth-order valence-corrected chi connectivity index (χ4v) is 2.48. The van der Waals surface area contributed by atoms with E-state index in [4.69, 9.17) is 25.5 Å². The van der Waals surface area contributed by atoms with E-state index in [0.29, 0.717) is 33.5 Å². The Labute approximate surface area is 154 Å². The number of nitrogens with one attached hydrogen (secondary N) is 1. The van der Waals surface area contributed by atoms with Gasteiger partial charge >= 0.3 is 0 Å². The fraction of sp³-hybridized carbons (Fsp3) is 0.167. The maximum atomic E-state index is 12.4. The average molecular weight is 374 g/mol. The van der Waals surface area contributed by atoms with E-state index in [1.165, 1.54) is 14.2 Å². The number of ether oxygens (including phenoxy) is 2. The van der Waals surface area contributed by atoms with Crippen molar-refractivity contribution in [3.8, 4) is 23.0 Å². The largest absolute Gasteiger partial charge is 0.497 e. The van der Waals surface area contributed by atoms with Crippen LogP contribution in [0.2, 0.25) is 5.02 Å². The van der Waals surface area contributed by atoms with Crippen LogP contribution in [0.15, 0.2) is 46.9 Å². The zero-order chi connectivity index (χ0) is 18.5. The molecule has 0 atom stereocenters. The Balaban J connectivity index is 1.70. The van der Waals surface area contributed by atoms with Gasteiger partial charge in [0.15, 0.2) is 0 Å². The van der Waals surface area contributed by atoms with Gasteiger partial charge in [-0.25, -0.2) is 0 Å². The summed E-state index contributed by atoms with van der Waals surface area (Å²) < 4.78 is 15.9. The number of amides is 1. The van der Waals surface area contributed by atoms with E-state index in [-0.39, 0.29) is 18.3 Å². The maximum Gasteiger partial charge on any atom is 0.251 e. The lowest BCUT2D eigenvalue weighted by molar-refractivity contribution is 0.0946. The fourth-order valence-electron chi connectivity index (χ4n) is 2.27. The number of carbonyl (C=O) groups is 1. The maximum absolute atomic E-state index is 12.4. The zero-order valence-corrected chi connectivity index (χ0v) is 14.9. The monoisotopic (exact) mass is 373 g/mol. The Bertz CT molecular complexity index is 904. The van der Waals surface area contributed by atoms with Gasteiger partial charge < -0.3 is 19.2 Å². The van der Waals surface area contributed by atoms with Gasteiger partial charge in [-0.3, -0.25) is 4.79 Å². The summed E-state index contributed by atoms with van der Waals surface area (Å²) in [6, 6.07) is 12.1. The van der Waals surface area contributed by atoms with E-state index < -0.39 is 0 Å². The molecule has 1 amide bonds. The first-order valence-electron chi connectivity index (χ1n) is 7.69. The Morgan fingerprint density at radius 2 is 1.81 bits per heavy atom. The molecule has 0 unspecified atom stereocenters. The van der Waals surface area contributed by atoms with Gasteiger partial charge in [0.1, 0.15) is 11.5 Å². The van der Waals surface area contributed by atoms with Gasteiger partial charge in [-0.1, -0.05) is 23.7 Å². The van der Waals surface area contributed by atoms with Crippen LogP contribution in [0, 0.1) is 0 Å². The minimum atomic E-state index is -0.320. The molecule has 134 valence electrons. The van der Waals surface area contributed by atoms with Crippen LogP contribution in [0.4, 0.5) is 0 Å². The second kappa shape index (κ2) is 7.88. The number of halogens is 1. The van der Waals surface area contributed by atoms with E-state index in [9.17, 15) is 4.79 Å². The summed E-state index contributed by atoms with van der Waals surface area (Å²) in [5, 5.41) is 11.1. The SMILES string of the molecule is COc1cc(OC)cc(C(=O)NCc2nnc(-c3ccccc3Cl)o2)c1. The molecule has 0 spiro atoms. The van der Waals surface area contributed by atoms with Crippen LogP contribution < -0.4 is 14.8 Å². The molecule has 26 heavy (non-hydrogen) atoms. The first-order chi connectivity index (χ1) is 12.6. The summed E-state index contributed by atoms with van der Waals surface area (Å²) in [7, 11) is 3.04. The molecule has 1 N–H and O–H groups in total. The molecule has 1 aromatic heterocycles. The molecule has 7 nitrogen and oxygen atoms in total. The average Bonchev–Trinajstić information content (AvgIpc) is 3.14. The summed E-state index contributed by atoms with van der Waals surface area (Å²) in [4.78, 5) is 12.4. The highest BCUT2D eigenvalue weighted by Gasteiger charge is 2.14. The highest BCUT2D eigenvalue weighted by Crippen LogP contribution is 2.26. The van der Waals surface area contributed by atoms with Crippen molar-refractivity contribution < 1.29 is 18.7 Å². The van der Waals surface area contributed by atoms with Gasteiger partial charge in [0.2, 0.25) is 11.8 Å². The molecule has 0 saturated carbocycles. The molecule has 0 saturated heterocycles. The first kappa shape index (κ1) is 17.8. The van der Waals surface area contributed by atoms with Crippen LogP contribution in [0.3, 0.4) is 0 Å². The quantitative estimate of drug-likeness (QED) is 0.713. The first-order valence-corrected chi connectivity index (χ1v) is 8.07. The van der Waals surface area contributed by atoms with Gasteiger partial charge in [0, 0.05) is 11.6 Å². The van der Waals surface area contributed by atoms with Crippen molar-refractivity contribution in [3.63, 3.8) is 0 Å². The van der Waals surface area contributed by atoms with Crippen molar-refractivity contribution in [2.75, 3.05) is 14.2 Å². The molecule has 1 heterocycles. The number of carbonyl (C=O) groups excluding carboxylic acids is 1. The molecule has 0 fully saturated rings. The summed E-state index contributed by atoms with van der Waals surface area (Å²) in [5.74, 6) is 1.28. The standard InChI is InChI=1S/C18H16ClN3O4/c1-24-12-7-11(8-13(9-12)25-2)17(23)20-10-16-21-22-18(26-16)14-5-3-4-6-15(14)19/h3-9H,10H2,1-2H3,(H,20,23). The second-order valence-electron chi connectivity index (χ2n) is 5.26. The molecular weight excluding hydrogens is 358 g/mol. The lowest BCUT2D eigenvalue weighted by Crippen LogP contribution is -2.23. The molecule has 0 aliphatic rings. The number of nitrogens with zero attached hydrogens (tertiary/aromatic N) is 2. The van der Waals surface area contributed by atoms with Crippen molar-refractivity contribution in [2.24, 2.45) is 0 Å². The van der Waals surface area contributed by atoms with Gasteiger partial charge in [-0.2, -0.15) is 0 Å². The molecule has 0 bridgehead atoms. The van der Waals surface area contributed by atoms with Crippen LogP contribution in [-0.2, 0) is 6.54 Å². The zero-order valence-electron chi connectivity index (χ0n) is 14.2. The number of methoxy groups -OCH3 is 2. The van der Waals surface area contributed by atoms with Crippen molar-refractivity contribution in [1.82, 2.24) is 15.5 Å². The Morgan fingerprint density at radius 3 is 2.46 bits per heavy atom. The smallest absolute Gasteiger partial charge is 0.251 e. The predicted octanol–water partition coefficient (Wildman–Crippen LogP) is 3.34. The van der Waals surface area contributed by atoms with E-state index in [0.717, 1.165) is 0 Å². The van der Waals surface area contributed by atoms with E-state index in [1.54, 1.807) is 30.3 Å². The number of hydrogen-bond donors (Lipinski definition) is 1. The van der Waals surface area contributed by atoms with Crippen molar-refractivity contribution in [1.29, 1.82) is 0 Å². The predicted molar refractivity (Wildman–Crippen MR) is 95.5 cm³/mol. The third-order valence-corrected chi connectivity index (χ3v) is 3.91. The van der Waals surface area contributed by atoms with Gasteiger partial charge in [-0.15, -0.1) is 10.2 Å². The molecule has 0 aliphatic heterocycles. The number of hydrogen-bond acceptors (Lipinski definition) is 6.